The highest BCUT2D eigenvalue weighted by atomic mass is 35.5. The first-order chi connectivity index (χ1) is 8.24. The van der Waals surface area contributed by atoms with E-state index in [2.05, 4.69) is 15.6 Å². The number of hydrogen-bond acceptors (Lipinski definition) is 4. The highest BCUT2D eigenvalue weighted by Crippen LogP contribution is 1.98. The van der Waals surface area contributed by atoms with E-state index in [4.69, 9.17) is 5.73 Å². The summed E-state index contributed by atoms with van der Waals surface area (Å²) in [5.41, 5.74) is 5.58. The summed E-state index contributed by atoms with van der Waals surface area (Å²) in [5, 5.41) is 5.96. The van der Waals surface area contributed by atoms with Crippen molar-refractivity contribution in [3.63, 3.8) is 0 Å². The number of carbonyl (C=O) groups excluding carboxylic acids is 1. The van der Waals surface area contributed by atoms with Gasteiger partial charge in [0.2, 0.25) is 5.91 Å². The van der Waals surface area contributed by atoms with Gasteiger partial charge in [-0.15, -0.1) is 24.8 Å². The normalized spacial score (nSPS) is 10.6. The van der Waals surface area contributed by atoms with Crippen molar-refractivity contribution >= 4 is 36.5 Å². The van der Waals surface area contributed by atoms with Crippen molar-refractivity contribution in [2.24, 2.45) is 5.73 Å². The topological polar surface area (TPSA) is 80.0 Å². The maximum absolute atomic E-state index is 11.3. The molecule has 0 saturated heterocycles. The molecule has 19 heavy (non-hydrogen) atoms. The Morgan fingerprint density at radius 2 is 2.11 bits per heavy atom. The summed E-state index contributed by atoms with van der Waals surface area (Å²) in [6.07, 6.45) is 3.25. The molecule has 4 N–H and O–H groups in total. The van der Waals surface area contributed by atoms with E-state index in [0.717, 1.165) is 18.8 Å². The van der Waals surface area contributed by atoms with Crippen molar-refractivity contribution in [3.8, 4) is 0 Å². The number of rotatable bonds is 7. The number of amides is 1. The molecule has 110 valence electrons. The molecule has 0 fully saturated rings. The molecule has 0 unspecified atom stereocenters. The summed E-state index contributed by atoms with van der Waals surface area (Å²) in [6, 6.07) is 5.32. The number of carbonyl (C=O) groups is 1. The van der Waals surface area contributed by atoms with E-state index in [1.54, 1.807) is 6.20 Å². The summed E-state index contributed by atoms with van der Waals surface area (Å²) in [6.45, 7) is 3.30. The molecule has 1 atom stereocenters. The molecule has 0 aliphatic heterocycles. The zero-order valence-electron chi connectivity index (χ0n) is 11.0. The number of anilines is 1. The number of nitrogens with one attached hydrogen (secondary N) is 2. The highest BCUT2D eigenvalue weighted by Gasteiger charge is 2.08. The SMILES string of the molecule is CC[C@H](N)C(=O)NCCCNc1ccccn1.Cl.Cl. The van der Waals surface area contributed by atoms with Crippen molar-refractivity contribution in [2.45, 2.75) is 25.8 Å². The third kappa shape index (κ3) is 8.64. The van der Waals surface area contributed by atoms with Crippen LogP contribution in [0.4, 0.5) is 5.82 Å². The van der Waals surface area contributed by atoms with Gasteiger partial charge in [0.1, 0.15) is 5.82 Å². The molecule has 1 heterocycles. The van der Waals surface area contributed by atoms with Gasteiger partial charge in [0.05, 0.1) is 6.04 Å². The van der Waals surface area contributed by atoms with Gasteiger partial charge < -0.3 is 16.4 Å². The lowest BCUT2D eigenvalue weighted by Crippen LogP contribution is -2.40. The van der Waals surface area contributed by atoms with Crippen LogP contribution in [0.5, 0.6) is 0 Å². The molecule has 1 rings (SSSR count). The lowest BCUT2D eigenvalue weighted by Gasteiger charge is -2.10. The minimum absolute atomic E-state index is 0. The van der Waals surface area contributed by atoms with Crippen LogP contribution in [-0.4, -0.2) is 30.0 Å². The van der Waals surface area contributed by atoms with Crippen molar-refractivity contribution in [2.75, 3.05) is 18.4 Å². The Balaban J connectivity index is 0. The summed E-state index contributed by atoms with van der Waals surface area (Å²) < 4.78 is 0. The smallest absolute Gasteiger partial charge is 0.236 e. The van der Waals surface area contributed by atoms with Crippen LogP contribution < -0.4 is 16.4 Å². The lowest BCUT2D eigenvalue weighted by molar-refractivity contribution is -0.122. The van der Waals surface area contributed by atoms with Crippen LogP contribution in [0.15, 0.2) is 24.4 Å². The Labute approximate surface area is 126 Å². The number of aromatic nitrogens is 1. The average molecular weight is 309 g/mol. The summed E-state index contributed by atoms with van der Waals surface area (Å²) in [4.78, 5) is 15.5. The maximum atomic E-state index is 11.3. The highest BCUT2D eigenvalue weighted by molar-refractivity contribution is 5.85. The standard InChI is InChI=1S/C12H20N4O.2ClH/c1-2-10(13)12(17)16-9-5-8-15-11-6-3-4-7-14-11;;/h3-4,6-7,10H,2,5,8-9,13H2,1H3,(H,14,15)(H,16,17);2*1H/t10-;;/m0../s1. The average Bonchev–Trinajstić information content (AvgIpc) is 2.38. The van der Waals surface area contributed by atoms with Gasteiger partial charge in [-0.25, -0.2) is 4.98 Å². The number of hydrogen-bond donors (Lipinski definition) is 3. The molecule has 0 spiro atoms. The largest absolute Gasteiger partial charge is 0.370 e. The molecular weight excluding hydrogens is 287 g/mol. The first-order valence-corrected chi connectivity index (χ1v) is 5.92. The zero-order chi connectivity index (χ0) is 12.5. The van der Waals surface area contributed by atoms with Crippen molar-refractivity contribution in [1.29, 1.82) is 0 Å². The quantitative estimate of drug-likeness (QED) is 0.668. The first-order valence-electron chi connectivity index (χ1n) is 5.92. The van der Waals surface area contributed by atoms with Crippen LogP contribution in [0, 0.1) is 0 Å². The predicted molar refractivity (Wildman–Crippen MR) is 83.1 cm³/mol. The fourth-order valence-electron chi connectivity index (χ4n) is 1.30. The first kappa shape index (κ1) is 20.3. The molecule has 0 aromatic carbocycles. The Morgan fingerprint density at radius 1 is 1.37 bits per heavy atom. The number of nitrogens with zero attached hydrogens (tertiary/aromatic N) is 1. The van der Waals surface area contributed by atoms with E-state index < -0.39 is 6.04 Å². The van der Waals surface area contributed by atoms with E-state index >= 15 is 0 Å². The third-order valence-electron chi connectivity index (χ3n) is 2.40. The van der Waals surface area contributed by atoms with E-state index in [0.29, 0.717) is 13.0 Å². The fourth-order valence-corrected chi connectivity index (χ4v) is 1.30. The Kier molecular flexibility index (Phi) is 12.8. The molecule has 1 aromatic rings. The minimum Gasteiger partial charge on any atom is -0.370 e. The molecular formula is C12H22Cl2N4O. The second-order valence-corrected chi connectivity index (χ2v) is 3.80. The van der Waals surface area contributed by atoms with Gasteiger partial charge in [0, 0.05) is 19.3 Å². The van der Waals surface area contributed by atoms with E-state index in [9.17, 15) is 4.79 Å². The van der Waals surface area contributed by atoms with Gasteiger partial charge in [-0.2, -0.15) is 0 Å². The number of halogens is 2. The lowest BCUT2D eigenvalue weighted by atomic mass is 10.2. The predicted octanol–water partition coefficient (Wildman–Crippen LogP) is 1.58. The second-order valence-electron chi connectivity index (χ2n) is 3.80. The summed E-state index contributed by atoms with van der Waals surface area (Å²) in [5.74, 6) is 0.773. The molecule has 7 heteroatoms. The molecule has 1 aromatic heterocycles. The van der Waals surface area contributed by atoms with E-state index in [-0.39, 0.29) is 30.7 Å². The van der Waals surface area contributed by atoms with Crippen LogP contribution in [0.1, 0.15) is 19.8 Å². The Hall–Kier alpha value is -1.04. The molecule has 5 nitrogen and oxygen atoms in total. The van der Waals surface area contributed by atoms with Crippen LogP contribution in [-0.2, 0) is 4.79 Å². The monoisotopic (exact) mass is 308 g/mol. The molecule has 0 aliphatic rings. The van der Waals surface area contributed by atoms with Gasteiger partial charge in [-0.3, -0.25) is 4.79 Å². The van der Waals surface area contributed by atoms with Crippen molar-refractivity contribution in [3.05, 3.63) is 24.4 Å². The van der Waals surface area contributed by atoms with Crippen molar-refractivity contribution in [1.82, 2.24) is 10.3 Å². The summed E-state index contributed by atoms with van der Waals surface area (Å²) in [7, 11) is 0. The van der Waals surface area contributed by atoms with Crippen LogP contribution >= 0.6 is 24.8 Å². The summed E-state index contributed by atoms with van der Waals surface area (Å²) >= 11 is 0. The fraction of sp³-hybridized carbons (Fsp3) is 0.500. The van der Waals surface area contributed by atoms with Gasteiger partial charge in [0.15, 0.2) is 0 Å². The van der Waals surface area contributed by atoms with Gasteiger partial charge in [-0.1, -0.05) is 13.0 Å². The Morgan fingerprint density at radius 3 is 2.68 bits per heavy atom. The third-order valence-corrected chi connectivity index (χ3v) is 2.40. The molecule has 0 aliphatic carbocycles. The zero-order valence-corrected chi connectivity index (χ0v) is 12.6. The number of pyridine rings is 1. The molecule has 0 saturated carbocycles. The van der Waals surface area contributed by atoms with Crippen LogP contribution in [0.25, 0.3) is 0 Å². The Bertz CT molecular complexity index is 338. The van der Waals surface area contributed by atoms with Crippen molar-refractivity contribution < 1.29 is 4.79 Å². The second kappa shape index (κ2) is 12.0. The van der Waals surface area contributed by atoms with Crippen LogP contribution in [0.3, 0.4) is 0 Å². The molecule has 1 amide bonds. The van der Waals surface area contributed by atoms with E-state index in [1.165, 1.54) is 0 Å². The number of nitrogens with two attached hydrogens (primary N) is 1. The van der Waals surface area contributed by atoms with E-state index in [1.807, 2.05) is 25.1 Å². The molecule has 0 radical (unpaired) electrons. The minimum atomic E-state index is -0.390. The van der Waals surface area contributed by atoms with Gasteiger partial charge in [0.25, 0.3) is 0 Å². The van der Waals surface area contributed by atoms with Crippen LogP contribution in [0.2, 0.25) is 0 Å². The maximum Gasteiger partial charge on any atom is 0.236 e. The molecule has 0 bridgehead atoms. The van der Waals surface area contributed by atoms with Gasteiger partial charge >= 0.3 is 0 Å². The van der Waals surface area contributed by atoms with Gasteiger partial charge in [-0.05, 0) is 25.0 Å².